The van der Waals surface area contributed by atoms with Crippen LogP contribution >= 0.6 is 0 Å². The van der Waals surface area contributed by atoms with Crippen molar-refractivity contribution in [2.24, 2.45) is 7.05 Å². The number of anilines is 1. The number of fused-ring (bicyclic) bond motifs is 3. The van der Waals surface area contributed by atoms with Crippen LogP contribution in [-0.2, 0) is 18.4 Å². The molecule has 1 N–H and O–H groups in total. The fraction of sp³-hybridized carbons (Fsp3) is 0.433. The quantitative estimate of drug-likeness (QED) is 0.333. The topological polar surface area (TPSA) is 93.6 Å². The molecule has 3 atom stereocenters. The van der Waals surface area contributed by atoms with Crippen LogP contribution in [-0.4, -0.2) is 44.2 Å². The van der Waals surface area contributed by atoms with Gasteiger partial charge in [0.1, 0.15) is 11.5 Å². The Balaban J connectivity index is 1.10. The van der Waals surface area contributed by atoms with Crippen LogP contribution in [0.1, 0.15) is 71.8 Å². The smallest absolute Gasteiger partial charge is 0.357 e. The molecule has 0 spiro atoms. The van der Waals surface area contributed by atoms with Gasteiger partial charge in [-0.2, -0.15) is 5.10 Å². The van der Waals surface area contributed by atoms with Gasteiger partial charge in [0.2, 0.25) is 0 Å². The average molecular weight is 513 g/mol. The zero-order valence-electron chi connectivity index (χ0n) is 21.8. The number of carbonyl (C=O) groups is 1. The molecule has 4 heterocycles. The van der Waals surface area contributed by atoms with Gasteiger partial charge in [0.25, 0.3) is 0 Å². The van der Waals surface area contributed by atoms with E-state index in [1.165, 1.54) is 5.56 Å². The first-order valence-corrected chi connectivity index (χ1v) is 13.6. The molecule has 3 fully saturated rings. The van der Waals surface area contributed by atoms with E-state index in [4.69, 9.17) is 9.26 Å². The first kappa shape index (κ1) is 23.5. The number of carboxylic acids is 1. The fourth-order valence-electron chi connectivity index (χ4n) is 6.63. The summed E-state index contributed by atoms with van der Waals surface area (Å²) in [6.07, 6.45) is 6.75. The van der Waals surface area contributed by atoms with Gasteiger partial charge in [-0.25, -0.2) is 4.79 Å². The molecule has 8 heteroatoms. The van der Waals surface area contributed by atoms with Gasteiger partial charge >= 0.3 is 5.97 Å². The zero-order chi connectivity index (χ0) is 26.0. The van der Waals surface area contributed by atoms with Crippen LogP contribution in [0.25, 0.3) is 22.2 Å². The predicted octanol–water partition coefficient (Wildman–Crippen LogP) is 5.83. The largest absolute Gasteiger partial charge is 0.476 e. The minimum Gasteiger partial charge on any atom is -0.476 e. The maximum atomic E-state index is 11.6. The van der Waals surface area contributed by atoms with E-state index in [9.17, 15) is 9.90 Å². The molecule has 3 aliphatic rings. The third kappa shape index (κ3) is 3.89. The Kier molecular flexibility index (Phi) is 5.54. The Bertz CT molecular complexity index is 1520. The molecular weight excluding hydrogens is 480 g/mol. The van der Waals surface area contributed by atoms with Crippen LogP contribution in [0.5, 0.6) is 0 Å². The molecule has 2 unspecified atom stereocenters. The van der Waals surface area contributed by atoms with Crippen LogP contribution in [0.3, 0.4) is 0 Å². The Morgan fingerprint density at radius 2 is 1.87 bits per heavy atom. The van der Waals surface area contributed by atoms with Crippen molar-refractivity contribution in [2.75, 3.05) is 4.90 Å². The number of hydrogen-bond acceptors (Lipinski definition) is 6. The lowest BCUT2D eigenvalue weighted by molar-refractivity contribution is 0.0147. The van der Waals surface area contributed by atoms with E-state index in [-0.39, 0.29) is 11.8 Å². The molecule has 7 rings (SSSR count). The van der Waals surface area contributed by atoms with E-state index in [0.29, 0.717) is 30.0 Å². The third-order valence-corrected chi connectivity index (χ3v) is 8.66. The molecule has 0 radical (unpaired) electrons. The first-order chi connectivity index (χ1) is 18.5. The summed E-state index contributed by atoms with van der Waals surface area (Å²) in [4.78, 5) is 14.1. The normalized spacial score (nSPS) is 22.9. The number of rotatable bonds is 7. The highest BCUT2D eigenvalue weighted by Gasteiger charge is 2.42. The van der Waals surface area contributed by atoms with Gasteiger partial charge in [-0.3, -0.25) is 4.68 Å². The number of benzene rings is 2. The van der Waals surface area contributed by atoms with Crippen molar-refractivity contribution in [1.82, 2.24) is 14.9 Å². The predicted molar refractivity (Wildman–Crippen MR) is 143 cm³/mol. The van der Waals surface area contributed by atoms with E-state index >= 15 is 0 Å². The monoisotopic (exact) mass is 512 g/mol. The van der Waals surface area contributed by atoms with Gasteiger partial charge in [0.05, 0.1) is 18.2 Å². The lowest BCUT2D eigenvalue weighted by Crippen LogP contribution is -2.45. The summed E-state index contributed by atoms with van der Waals surface area (Å²) in [6, 6.07) is 15.2. The minimum absolute atomic E-state index is 0.105. The standard InChI is InChI=1S/C30H32N4O4/c1-17-5-3-4-6-23(17)27-25(29(38-32-27)18-7-8-18)16-37-22-13-19-9-10-20(14-22)34(19)21-11-12-24-26(15-21)33(2)31-28(24)30(35)36/h3-6,11-12,15,18-20,22H,7-10,13-14,16H2,1-2H3,(H,35,36)/t19-,20?,22?/m0/s1. The lowest BCUT2D eigenvalue weighted by atomic mass is 9.97. The number of aromatic carboxylic acids is 1. The molecule has 4 aromatic rings. The number of nitrogens with zero attached hydrogens (tertiary/aromatic N) is 4. The Hall–Kier alpha value is -3.65. The third-order valence-electron chi connectivity index (χ3n) is 8.66. The Morgan fingerprint density at radius 3 is 2.58 bits per heavy atom. The Labute approximate surface area is 221 Å². The van der Waals surface area contributed by atoms with Gasteiger partial charge < -0.3 is 19.3 Å². The van der Waals surface area contributed by atoms with Crippen LogP contribution in [0.15, 0.2) is 47.0 Å². The summed E-state index contributed by atoms with van der Waals surface area (Å²) < 4.78 is 14.2. The number of piperidine rings is 1. The average Bonchev–Trinajstić information content (AvgIpc) is 3.50. The maximum Gasteiger partial charge on any atom is 0.357 e. The Morgan fingerprint density at radius 1 is 1.11 bits per heavy atom. The van der Waals surface area contributed by atoms with Gasteiger partial charge in [-0.1, -0.05) is 29.4 Å². The second kappa shape index (κ2) is 8.98. The number of aromatic nitrogens is 3. The van der Waals surface area contributed by atoms with E-state index in [2.05, 4.69) is 58.5 Å². The molecule has 2 aromatic heterocycles. The molecule has 2 bridgehead atoms. The highest BCUT2D eigenvalue weighted by molar-refractivity contribution is 6.02. The van der Waals surface area contributed by atoms with E-state index < -0.39 is 5.97 Å². The van der Waals surface area contributed by atoms with E-state index in [1.807, 2.05) is 6.07 Å². The van der Waals surface area contributed by atoms with E-state index in [1.54, 1.807) is 11.7 Å². The van der Waals surface area contributed by atoms with Gasteiger partial charge in [0.15, 0.2) is 5.69 Å². The summed E-state index contributed by atoms with van der Waals surface area (Å²) in [5.41, 5.74) is 6.45. The van der Waals surface area contributed by atoms with Crippen molar-refractivity contribution in [3.63, 3.8) is 0 Å². The van der Waals surface area contributed by atoms with Gasteiger partial charge in [-0.15, -0.1) is 0 Å². The second-order valence-electron chi connectivity index (χ2n) is 11.1. The SMILES string of the molecule is Cc1ccccc1-c1noc(C2CC2)c1COC1CC2CC[C@@H](C1)N2c1ccc2c(C(=O)O)nn(C)c2c1. The van der Waals surface area contributed by atoms with Crippen molar-refractivity contribution in [3.8, 4) is 11.3 Å². The van der Waals surface area contributed by atoms with Crippen molar-refractivity contribution >= 4 is 22.6 Å². The van der Waals surface area contributed by atoms with Crippen molar-refractivity contribution in [2.45, 2.75) is 76.2 Å². The number of aryl methyl sites for hydroxylation is 2. The highest BCUT2D eigenvalue weighted by atomic mass is 16.5. The number of carboxylic acid groups (broad SMARTS) is 1. The van der Waals surface area contributed by atoms with Crippen LogP contribution < -0.4 is 4.90 Å². The minimum atomic E-state index is -0.996. The summed E-state index contributed by atoms with van der Waals surface area (Å²) >= 11 is 0. The van der Waals surface area contributed by atoms with Crippen molar-refractivity contribution < 1.29 is 19.2 Å². The van der Waals surface area contributed by atoms with E-state index in [0.717, 1.165) is 72.3 Å². The molecule has 38 heavy (non-hydrogen) atoms. The number of hydrogen-bond donors (Lipinski definition) is 1. The molecule has 2 aromatic carbocycles. The molecule has 1 aliphatic carbocycles. The molecule has 2 saturated heterocycles. The van der Waals surface area contributed by atoms with Crippen molar-refractivity contribution in [1.29, 1.82) is 0 Å². The zero-order valence-corrected chi connectivity index (χ0v) is 21.8. The highest BCUT2D eigenvalue weighted by Crippen LogP contribution is 2.45. The first-order valence-electron chi connectivity index (χ1n) is 13.6. The summed E-state index contributed by atoms with van der Waals surface area (Å²) in [6.45, 7) is 2.65. The molecule has 0 amide bonds. The van der Waals surface area contributed by atoms with Gasteiger partial charge in [-0.05, 0) is 69.2 Å². The molecule has 1 saturated carbocycles. The van der Waals surface area contributed by atoms with Crippen molar-refractivity contribution in [3.05, 3.63) is 65.0 Å². The summed E-state index contributed by atoms with van der Waals surface area (Å²) in [5.74, 6) is 0.485. The molecule has 8 nitrogen and oxygen atoms in total. The second-order valence-corrected chi connectivity index (χ2v) is 11.1. The molecule has 196 valence electrons. The van der Waals surface area contributed by atoms with Gasteiger partial charge in [0, 0.05) is 47.2 Å². The molecular formula is C30H32N4O4. The molecule has 2 aliphatic heterocycles. The maximum absolute atomic E-state index is 11.6. The fourth-order valence-corrected chi connectivity index (χ4v) is 6.63. The van der Waals surface area contributed by atoms with Crippen LogP contribution in [0, 0.1) is 6.92 Å². The lowest BCUT2D eigenvalue weighted by Gasteiger charge is -2.40. The summed E-state index contributed by atoms with van der Waals surface area (Å²) in [7, 11) is 1.80. The summed E-state index contributed by atoms with van der Waals surface area (Å²) in [5, 5.41) is 18.9. The van der Waals surface area contributed by atoms with Crippen LogP contribution in [0.2, 0.25) is 0 Å². The van der Waals surface area contributed by atoms with Crippen LogP contribution in [0.4, 0.5) is 5.69 Å². The number of ether oxygens (including phenoxy) is 1.